The first-order valence-corrected chi connectivity index (χ1v) is 9.31. The van der Waals surface area contributed by atoms with E-state index in [1.54, 1.807) is 0 Å². The summed E-state index contributed by atoms with van der Waals surface area (Å²) in [5.41, 5.74) is 2.04. The highest BCUT2D eigenvalue weighted by molar-refractivity contribution is 6.35. The van der Waals surface area contributed by atoms with Crippen LogP contribution in [-0.4, -0.2) is 46.8 Å². The van der Waals surface area contributed by atoms with E-state index in [0.29, 0.717) is 26.2 Å². The number of carbonyl (C=O) groups excluding carboxylic acids is 1. The van der Waals surface area contributed by atoms with E-state index in [-0.39, 0.29) is 5.56 Å². The van der Waals surface area contributed by atoms with Crippen molar-refractivity contribution in [2.45, 2.75) is 13.8 Å². The van der Waals surface area contributed by atoms with E-state index >= 15 is 0 Å². The van der Waals surface area contributed by atoms with E-state index in [1.807, 2.05) is 32.0 Å². The Kier molecular flexibility index (Phi) is 5.69. The Morgan fingerprint density at radius 2 is 1.55 bits per heavy atom. The lowest BCUT2D eigenvalue weighted by atomic mass is 10.1. The average Bonchev–Trinajstić information content (AvgIpc) is 2.69. The molecule has 10 heteroatoms. The Balaban J connectivity index is 1.81. The van der Waals surface area contributed by atoms with E-state index in [4.69, 9.17) is 11.6 Å². The number of piperazine rings is 1. The van der Waals surface area contributed by atoms with Crippen LogP contribution in [-0.2, 0) is 0 Å². The quantitative estimate of drug-likeness (QED) is 0.552. The van der Waals surface area contributed by atoms with Gasteiger partial charge in [-0.2, -0.15) is 0 Å². The molecule has 3 rings (SSSR count). The lowest BCUT2D eigenvalue weighted by molar-refractivity contribution is -0.393. The molecule has 2 aromatic rings. The minimum Gasteiger partial charge on any atom is -0.368 e. The number of benzene rings is 2. The predicted molar refractivity (Wildman–Crippen MR) is 109 cm³/mol. The minimum absolute atomic E-state index is 0.118. The molecule has 0 aromatic heterocycles. The summed E-state index contributed by atoms with van der Waals surface area (Å²) < 4.78 is 0. The highest BCUT2D eigenvalue weighted by atomic mass is 35.5. The molecule has 0 saturated carbocycles. The van der Waals surface area contributed by atoms with E-state index in [0.717, 1.165) is 17.8 Å². The second-order valence-electron chi connectivity index (χ2n) is 6.84. The van der Waals surface area contributed by atoms with Gasteiger partial charge in [-0.1, -0.05) is 23.7 Å². The molecule has 1 aliphatic rings. The Hall–Kier alpha value is -3.20. The molecule has 1 amide bonds. The molecule has 0 radical (unpaired) electrons. The number of nitro groups is 2. The highest BCUT2D eigenvalue weighted by Crippen LogP contribution is 2.35. The van der Waals surface area contributed by atoms with Gasteiger partial charge in [-0.05, 0) is 31.0 Å². The summed E-state index contributed by atoms with van der Waals surface area (Å²) in [5, 5.41) is 21.8. The number of carbonyl (C=O) groups is 1. The summed E-state index contributed by atoms with van der Waals surface area (Å²) in [6.07, 6.45) is 0. The fraction of sp³-hybridized carbons (Fsp3) is 0.316. The maximum absolute atomic E-state index is 12.8. The van der Waals surface area contributed by atoms with Gasteiger partial charge in [0.25, 0.3) is 17.3 Å². The van der Waals surface area contributed by atoms with Crippen LogP contribution in [0, 0.1) is 34.1 Å². The number of hydrogen-bond donors (Lipinski definition) is 0. The van der Waals surface area contributed by atoms with Gasteiger partial charge in [-0.15, -0.1) is 0 Å². The largest absolute Gasteiger partial charge is 0.368 e. The van der Waals surface area contributed by atoms with Crippen LogP contribution < -0.4 is 4.90 Å². The molecule has 29 heavy (non-hydrogen) atoms. The predicted octanol–water partition coefficient (Wildman–Crippen LogP) is 3.74. The van der Waals surface area contributed by atoms with Crippen LogP contribution in [0.15, 0.2) is 30.3 Å². The first-order chi connectivity index (χ1) is 13.7. The van der Waals surface area contributed by atoms with Crippen molar-refractivity contribution in [2.75, 3.05) is 31.1 Å². The van der Waals surface area contributed by atoms with Crippen LogP contribution in [0.1, 0.15) is 21.5 Å². The lowest BCUT2D eigenvalue weighted by Gasteiger charge is -2.37. The SMILES string of the molecule is Cc1cccc(N2CCN(C(=O)c3cc([N+](=O)[O-])c(Cl)c([N+](=O)[O-])c3)CC2)c1C. The molecule has 0 spiro atoms. The maximum Gasteiger partial charge on any atom is 0.295 e. The van der Waals surface area contributed by atoms with Gasteiger partial charge in [0.15, 0.2) is 5.02 Å². The monoisotopic (exact) mass is 418 g/mol. The first-order valence-electron chi connectivity index (χ1n) is 8.93. The second kappa shape index (κ2) is 8.04. The number of hydrogen-bond acceptors (Lipinski definition) is 6. The van der Waals surface area contributed by atoms with Gasteiger partial charge in [-0.3, -0.25) is 25.0 Å². The smallest absolute Gasteiger partial charge is 0.295 e. The van der Waals surface area contributed by atoms with Crippen molar-refractivity contribution in [1.82, 2.24) is 4.90 Å². The van der Waals surface area contributed by atoms with Crippen molar-refractivity contribution in [2.24, 2.45) is 0 Å². The Labute approximate surface area is 171 Å². The fourth-order valence-electron chi connectivity index (χ4n) is 3.39. The van der Waals surface area contributed by atoms with Crippen LogP contribution in [0.25, 0.3) is 0 Å². The third-order valence-electron chi connectivity index (χ3n) is 5.16. The van der Waals surface area contributed by atoms with Crippen LogP contribution in [0.2, 0.25) is 5.02 Å². The number of rotatable bonds is 4. The van der Waals surface area contributed by atoms with Crippen molar-refractivity contribution in [3.05, 3.63) is 72.3 Å². The zero-order valence-corrected chi connectivity index (χ0v) is 16.7. The van der Waals surface area contributed by atoms with Crippen molar-refractivity contribution >= 4 is 34.6 Å². The zero-order chi connectivity index (χ0) is 21.3. The van der Waals surface area contributed by atoms with Gasteiger partial charge in [0.2, 0.25) is 0 Å². The molecular formula is C19H19ClN4O5. The molecule has 1 heterocycles. The van der Waals surface area contributed by atoms with Crippen molar-refractivity contribution in [3.63, 3.8) is 0 Å². The van der Waals surface area contributed by atoms with Gasteiger partial charge in [0, 0.05) is 44.0 Å². The molecule has 1 fully saturated rings. The summed E-state index contributed by atoms with van der Waals surface area (Å²) >= 11 is 5.76. The van der Waals surface area contributed by atoms with Gasteiger partial charge >= 0.3 is 0 Å². The standard InChI is InChI=1S/C19H19ClN4O5/c1-12-4-3-5-15(13(12)2)21-6-8-22(9-7-21)19(25)14-10-16(23(26)27)18(20)17(11-14)24(28)29/h3-5,10-11H,6-9H2,1-2H3. The van der Waals surface area contributed by atoms with E-state index in [2.05, 4.69) is 4.90 Å². The normalized spacial score (nSPS) is 14.0. The van der Waals surface area contributed by atoms with E-state index in [1.165, 1.54) is 16.0 Å². The molecule has 0 atom stereocenters. The van der Waals surface area contributed by atoms with Crippen LogP contribution in [0.3, 0.4) is 0 Å². The summed E-state index contributed by atoms with van der Waals surface area (Å²) in [6, 6.07) is 8.05. The van der Waals surface area contributed by atoms with E-state index < -0.39 is 32.2 Å². The first kappa shape index (κ1) is 20.5. The van der Waals surface area contributed by atoms with Crippen LogP contribution in [0.4, 0.5) is 17.1 Å². The number of nitro benzene ring substituents is 2. The molecule has 152 valence electrons. The zero-order valence-electron chi connectivity index (χ0n) is 15.9. The molecule has 9 nitrogen and oxygen atoms in total. The molecule has 1 aliphatic heterocycles. The molecule has 0 aliphatic carbocycles. The number of amides is 1. The van der Waals surface area contributed by atoms with E-state index in [9.17, 15) is 25.0 Å². The number of anilines is 1. The number of halogens is 1. The number of aryl methyl sites for hydroxylation is 1. The van der Waals surface area contributed by atoms with Gasteiger partial charge in [0.05, 0.1) is 15.4 Å². The molecule has 0 N–H and O–H groups in total. The fourth-order valence-corrected chi connectivity index (χ4v) is 3.64. The van der Waals surface area contributed by atoms with Crippen molar-refractivity contribution in [3.8, 4) is 0 Å². The second-order valence-corrected chi connectivity index (χ2v) is 7.22. The Morgan fingerprint density at radius 1 is 1.00 bits per heavy atom. The van der Waals surface area contributed by atoms with Crippen molar-refractivity contribution in [1.29, 1.82) is 0 Å². The van der Waals surface area contributed by atoms with Gasteiger partial charge in [-0.25, -0.2) is 0 Å². The van der Waals surface area contributed by atoms with Crippen molar-refractivity contribution < 1.29 is 14.6 Å². The summed E-state index contributed by atoms with van der Waals surface area (Å²) in [4.78, 5) is 37.3. The van der Waals surface area contributed by atoms with Gasteiger partial charge in [0.1, 0.15) is 0 Å². The van der Waals surface area contributed by atoms with Gasteiger partial charge < -0.3 is 9.80 Å². The summed E-state index contributed by atoms with van der Waals surface area (Å²) in [5.74, 6) is -0.492. The Morgan fingerprint density at radius 3 is 2.07 bits per heavy atom. The molecule has 0 bridgehead atoms. The Bertz CT molecular complexity index is 967. The average molecular weight is 419 g/mol. The minimum atomic E-state index is -0.829. The highest BCUT2D eigenvalue weighted by Gasteiger charge is 2.30. The summed E-state index contributed by atoms with van der Waals surface area (Å²) in [6.45, 7) is 6.07. The number of nitrogens with zero attached hydrogens (tertiary/aromatic N) is 4. The summed E-state index contributed by atoms with van der Waals surface area (Å²) in [7, 11) is 0. The lowest BCUT2D eigenvalue weighted by Crippen LogP contribution is -2.49. The molecule has 2 aromatic carbocycles. The third kappa shape index (κ3) is 4.00. The molecular weight excluding hydrogens is 400 g/mol. The third-order valence-corrected chi connectivity index (χ3v) is 5.55. The molecule has 0 unspecified atom stereocenters. The van der Waals surface area contributed by atoms with Crippen LogP contribution >= 0.6 is 11.6 Å². The molecule has 1 saturated heterocycles. The van der Waals surface area contributed by atoms with Crippen LogP contribution in [0.5, 0.6) is 0 Å². The maximum atomic E-state index is 12.8. The topological polar surface area (TPSA) is 110 Å².